The number of carbonyl (C=O) groups excluding carboxylic acids is 1. The number of rotatable bonds is 5. The highest BCUT2D eigenvalue weighted by Gasteiger charge is 2.32. The van der Waals surface area contributed by atoms with Crippen molar-refractivity contribution in [3.8, 4) is 0 Å². The third-order valence-electron chi connectivity index (χ3n) is 3.69. The van der Waals surface area contributed by atoms with Gasteiger partial charge in [-0.1, -0.05) is 61.5 Å². The molecule has 164 valence electrons. The molecule has 3 atom stereocenters. The number of nitrogens with one attached hydrogen (secondary N) is 1. The molecule has 26 heavy (non-hydrogen) atoms. The van der Waals surface area contributed by atoms with E-state index in [9.17, 15) is 0 Å². The number of allylic oxidation sites excluding steroid dienone is 1. The normalized spacial score (nSPS) is 18.4. The zero-order valence-corrected chi connectivity index (χ0v) is 18.9. The minimum absolute atomic E-state index is 0. The van der Waals surface area contributed by atoms with Crippen molar-refractivity contribution in [2.45, 2.75) is 100 Å². The van der Waals surface area contributed by atoms with E-state index in [1.54, 1.807) is 6.08 Å². The Morgan fingerprint density at radius 3 is 1.85 bits per heavy atom. The van der Waals surface area contributed by atoms with Crippen LogP contribution in [0, 0.1) is 5.92 Å². The number of ether oxygens (including phenoxy) is 1. The van der Waals surface area contributed by atoms with E-state index in [1.807, 2.05) is 48.5 Å². The van der Waals surface area contributed by atoms with Gasteiger partial charge in [0.15, 0.2) is 0 Å². The Labute approximate surface area is 166 Å². The molecule has 0 aromatic carbocycles. The molecular weight excluding hydrogens is 326 g/mol. The van der Waals surface area contributed by atoms with Crippen LogP contribution in [0.4, 0.5) is 0 Å². The Kier molecular flexibility index (Phi) is 54.6. The molecule has 1 rings (SSSR count). The molecule has 1 heterocycles. The molecule has 0 radical (unpaired) electrons. The minimum Gasteiger partial charge on any atom is -0.400 e. The van der Waals surface area contributed by atoms with Crippen LogP contribution in [0.25, 0.3) is 0 Å². The maximum absolute atomic E-state index is 8.00. The fraction of sp³-hybridized carbons (Fsp3) is 0.864. The van der Waals surface area contributed by atoms with E-state index in [1.165, 1.54) is 25.8 Å². The van der Waals surface area contributed by atoms with Gasteiger partial charge in [0.2, 0.25) is 0 Å². The molecule has 1 aliphatic heterocycles. The van der Waals surface area contributed by atoms with Gasteiger partial charge in [-0.3, -0.25) is 0 Å². The summed E-state index contributed by atoms with van der Waals surface area (Å²) in [6, 6.07) is 0. The Hall–Kier alpha value is -0.710. The first kappa shape index (κ1) is 40.1. The molecule has 0 spiro atoms. The number of aliphatic hydroxyl groups is 1. The number of hydrogen-bond acceptors (Lipinski definition) is 4. The van der Waals surface area contributed by atoms with Crippen molar-refractivity contribution < 1.29 is 14.6 Å². The average molecular weight is 380 g/mol. The van der Waals surface area contributed by atoms with Gasteiger partial charge in [0.1, 0.15) is 6.79 Å². The number of methoxy groups -OCH3 is 1. The summed E-state index contributed by atoms with van der Waals surface area (Å²) in [6.45, 7) is 23.3. The van der Waals surface area contributed by atoms with Gasteiger partial charge in [-0.05, 0) is 45.6 Å². The highest BCUT2D eigenvalue weighted by molar-refractivity contribution is 5.11. The van der Waals surface area contributed by atoms with E-state index in [2.05, 4.69) is 32.7 Å². The van der Waals surface area contributed by atoms with E-state index in [0.29, 0.717) is 17.6 Å². The summed E-state index contributed by atoms with van der Waals surface area (Å²) in [7, 11) is 2.84. The highest BCUT2D eigenvalue weighted by atomic mass is 16.5. The molecule has 4 heteroatoms. The summed E-state index contributed by atoms with van der Waals surface area (Å²) in [5.74, 6) is 0.666. The summed E-state index contributed by atoms with van der Waals surface area (Å²) in [4.78, 5) is 8.00. The van der Waals surface area contributed by atoms with E-state index in [4.69, 9.17) is 14.6 Å². The third-order valence-corrected chi connectivity index (χ3v) is 3.69. The van der Waals surface area contributed by atoms with Gasteiger partial charge in [-0.25, -0.2) is 0 Å². The molecular formula is C22H53NO3. The zero-order chi connectivity index (χ0) is 21.3. The van der Waals surface area contributed by atoms with Crippen molar-refractivity contribution in [3.63, 3.8) is 0 Å². The molecule has 1 aliphatic rings. The van der Waals surface area contributed by atoms with Crippen molar-refractivity contribution >= 4 is 6.79 Å². The van der Waals surface area contributed by atoms with E-state index >= 15 is 0 Å². The van der Waals surface area contributed by atoms with Crippen LogP contribution in [-0.2, 0) is 9.53 Å². The highest BCUT2D eigenvalue weighted by Crippen LogP contribution is 2.28. The lowest BCUT2D eigenvalue weighted by molar-refractivity contribution is -0.0979. The van der Waals surface area contributed by atoms with E-state index in [-0.39, 0.29) is 7.43 Å². The second-order valence-electron chi connectivity index (χ2n) is 5.36. The Morgan fingerprint density at radius 1 is 1.23 bits per heavy atom. The van der Waals surface area contributed by atoms with Crippen LogP contribution in [0.2, 0.25) is 0 Å². The third kappa shape index (κ3) is 25.5. The second kappa shape index (κ2) is 35.4. The molecule has 2 N–H and O–H groups in total. The van der Waals surface area contributed by atoms with Crippen LogP contribution in [0.1, 0.15) is 88.5 Å². The van der Waals surface area contributed by atoms with Gasteiger partial charge >= 0.3 is 0 Å². The molecule has 0 aromatic heterocycles. The lowest BCUT2D eigenvalue weighted by Gasteiger charge is -2.31. The second-order valence-corrected chi connectivity index (χ2v) is 5.36. The number of aliphatic hydroxyl groups excluding tert-OH is 1. The largest absolute Gasteiger partial charge is 0.400 e. The number of hydrogen-bond donors (Lipinski definition) is 2. The van der Waals surface area contributed by atoms with Gasteiger partial charge in [0, 0.05) is 19.8 Å². The molecule has 0 aromatic rings. The molecule has 0 saturated carbocycles. The predicted molar refractivity (Wildman–Crippen MR) is 121 cm³/mol. The van der Waals surface area contributed by atoms with Crippen molar-refractivity contribution in [1.29, 1.82) is 0 Å². The summed E-state index contributed by atoms with van der Waals surface area (Å²) >= 11 is 0. The molecule has 1 fully saturated rings. The Bertz CT molecular complexity index is 217. The SMILES string of the molecule is C.C=CC.C=O.CC.CC.CCC(C)C(CC1(C)CCCN1)OC.CO. The summed E-state index contributed by atoms with van der Waals surface area (Å²) in [6.07, 6.45) is 7.12. The Balaban J connectivity index is -0.0000000710. The van der Waals surface area contributed by atoms with Crippen molar-refractivity contribution in [2.24, 2.45) is 5.92 Å². The standard InChI is InChI=1S/C12H25NO.C3H6.2C2H6.CH4O.CH2O.CH4/c1-5-10(2)11(14-4)9-12(3)7-6-8-13-12;1-3-2;4*1-2;/h10-11,13H,5-9H2,1-4H3;3H,1H2,2H3;2*1-2H3;2H,1H3;1H2;1H4. The molecule has 0 aliphatic carbocycles. The number of carbonyl (C=O) groups is 1. The fourth-order valence-electron chi connectivity index (χ4n) is 2.36. The lowest BCUT2D eigenvalue weighted by Crippen LogP contribution is -2.41. The van der Waals surface area contributed by atoms with Crippen LogP contribution in [0.3, 0.4) is 0 Å². The maximum atomic E-state index is 8.00. The van der Waals surface area contributed by atoms with Gasteiger partial charge in [0.25, 0.3) is 0 Å². The first-order chi connectivity index (χ1) is 12.0. The summed E-state index contributed by atoms with van der Waals surface area (Å²) in [5.41, 5.74) is 0.324. The van der Waals surface area contributed by atoms with Crippen LogP contribution in [-0.4, -0.2) is 44.3 Å². The molecule has 1 saturated heterocycles. The predicted octanol–water partition coefficient (Wildman–Crippen LogP) is 5.88. The van der Waals surface area contributed by atoms with Crippen LogP contribution in [0.15, 0.2) is 12.7 Å². The monoisotopic (exact) mass is 379 g/mol. The van der Waals surface area contributed by atoms with Gasteiger partial charge in [0.05, 0.1) is 6.10 Å². The van der Waals surface area contributed by atoms with Crippen molar-refractivity contribution in [2.75, 3.05) is 20.8 Å². The quantitative estimate of drug-likeness (QED) is 0.585. The first-order valence-electron chi connectivity index (χ1n) is 9.61. The molecule has 3 unspecified atom stereocenters. The Morgan fingerprint density at radius 2 is 1.62 bits per heavy atom. The molecule has 4 nitrogen and oxygen atoms in total. The average Bonchev–Trinajstić information content (AvgIpc) is 3.13. The van der Waals surface area contributed by atoms with Crippen LogP contribution in [0.5, 0.6) is 0 Å². The van der Waals surface area contributed by atoms with Gasteiger partial charge in [-0.15, -0.1) is 6.58 Å². The lowest BCUT2D eigenvalue weighted by atomic mass is 9.87. The van der Waals surface area contributed by atoms with Crippen molar-refractivity contribution in [3.05, 3.63) is 12.7 Å². The summed E-state index contributed by atoms with van der Waals surface area (Å²) < 4.78 is 5.59. The van der Waals surface area contributed by atoms with E-state index < -0.39 is 0 Å². The smallest absolute Gasteiger partial charge is 0.106 e. The first-order valence-corrected chi connectivity index (χ1v) is 9.61. The van der Waals surface area contributed by atoms with Gasteiger partial charge in [-0.2, -0.15) is 0 Å². The van der Waals surface area contributed by atoms with Gasteiger partial charge < -0.3 is 20.0 Å². The fourth-order valence-corrected chi connectivity index (χ4v) is 2.36. The van der Waals surface area contributed by atoms with Crippen LogP contribution < -0.4 is 5.32 Å². The zero-order valence-electron chi connectivity index (χ0n) is 18.9. The molecule has 0 bridgehead atoms. The maximum Gasteiger partial charge on any atom is 0.106 e. The summed E-state index contributed by atoms with van der Waals surface area (Å²) in [5, 5.41) is 10.6. The van der Waals surface area contributed by atoms with Crippen LogP contribution >= 0.6 is 0 Å². The minimum atomic E-state index is 0. The topological polar surface area (TPSA) is 58.6 Å². The molecule has 0 amide bonds. The van der Waals surface area contributed by atoms with E-state index in [0.717, 1.165) is 13.5 Å². The van der Waals surface area contributed by atoms with Crippen molar-refractivity contribution in [1.82, 2.24) is 5.32 Å².